The van der Waals surface area contributed by atoms with Crippen molar-refractivity contribution in [3.63, 3.8) is 0 Å². The molecular weight excluding hydrogens is 490 g/mol. The molecular formula is C28H31N3O5S. The Morgan fingerprint density at radius 1 is 1.03 bits per heavy atom. The minimum atomic E-state index is -0.297. The summed E-state index contributed by atoms with van der Waals surface area (Å²) in [5.74, 6) is -0.231. The van der Waals surface area contributed by atoms with Crippen LogP contribution in [0.15, 0.2) is 54.6 Å². The van der Waals surface area contributed by atoms with E-state index in [4.69, 9.17) is 4.74 Å². The summed E-state index contributed by atoms with van der Waals surface area (Å²) in [6, 6.07) is 17.1. The number of nitrogens with zero attached hydrogens (tertiary/aromatic N) is 2. The largest absolute Gasteiger partial charge is 0.469 e. The lowest BCUT2D eigenvalue weighted by atomic mass is 9.98. The molecule has 194 valence electrons. The van der Waals surface area contributed by atoms with Gasteiger partial charge in [-0.05, 0) is 49.4 Å². The molecule has 1 fully saturated rings. The van der Waals surface area contributed by atoms with Gasteiger partial charge in [-0.2, -0.15) is 0 Å². The van der Waals surface area contributed by atoms with E-state index in [1.54, 1.807) is 4.90 Å². The maximum atomic E-state index is 12.9. The second-order valence-corrected chi connectivity index (χ2v) is 10.0. The molecule has 0 aliphatic carbocycles. The van der Waals surface area contributed by atoms with E-state index >= 15 is 0 Å². The van der Waals surface area contributed by atoms with Gasteiger partial charge in [-0.3, -0.25) is 9.59 Å². The predicted molar refractivity (Wildman–Crippen MR) is 142 cm³/mol. The lowest BCUT2D eigenvalue weighted by Gasteiger charge is -2.30. The molecule has 0 saturated carbocycles. The van der Waals surface area contributed by atoms with Crippen molar-refractivity contribution in [2.45, 2.75) is 45.1 Å². The van der Waals surface area contributed by atoms with Crippen molar-refractivity contribution in [3.8, 4) is 0 Å². The molecule has 3 aromatic rings. The van der Waals surface area contributed by atoms with Gasteiger partial charge < -0.3 is 19.7 Å². The summed E-state index contributed by atoms with van der Waals surface area (Å²) in [4.78, 5) is 43.7. The summed E-state index contributed by atoms with van der Waals surface area (Å²) < 4.78 is 10.1. The van der Waals surface area contributed by atoms with Gasteiger partial charge in [0.15, 0.2) is 0 Å². The number of anilines is 1. The summed E-state index contributed by atoms with van der Waals surface area (Å²) in [6.45, 7) is 3.31. The van der Waals surface area contributed by atoms with Gasteiger partial charge in [0, 0.05) is 31.1 Å². The van der Waals surface area contributed by atoms with Crippen LogP contribution in [-0.4, -0.2) is 48.1 Å². The number of hydrogen-bond donors (Lipinski definition) is 1. The Hall–Kier alpha value is -3.72. The van der Waals surface area contributed by atoms with Gasteiger partial charge in [-0.15, -0.1) is 11.3 Å². The van der Waals surface area contributed by atoms with Gasteiger partial charge in [0.1, 0.15) is 11.5 Å². The molecule has 2 aromatic carbocycles. The van der Waals surface area contributed by atoms with Crippen molar-refractivity contribution >= 4 is 35.0 Å². The smallest absolute Gasteiger partial charge is 0.410 e. The fraction of sp³-hybridized carbons (Fsp3) is 0.357. The number of benzene rings is 2. The average molecular weight is 522 g/mol. The van der Waals surface area contributed by atoms with E-state index in [0.29, 0.717) is 42.2 Å². The normalized spacial score (nSPS) is 13.7. The van der Waals surface area contributed by atoms with E-state index in [9.17, 15) is 14.4 Å². The Balaban J connectivity index is 1.27. The molecule has 4 rings (SSSR count). The molecule has 37 heavy (non-hydrogen) atoms. The molecule has 1 aliphatic heterocycles. The van der Waals surface area contributed by atoms with Gasteiger partial charge >= 0.3 is 12.1 Å². The van der Waals surface area contributed by atoms with E-state index in [-0.39, 0.29) is 30.5 Å². The van der Waals surface area contributed by atoms with Crippen LogP contribution in [-0.2, 0) is 27.3 Å². The van der Waals surface area contributed by atoms with Gasteiger partial charge in [-0.1, -0.05) is 42.5 Å². The second-order valence-electron chi connectivity index (χ2n) is 9.00. The lowest BCUT2D eigenvalue weighted by Crippen LogP contribution is -2.38. The summed E-state index contributed by atoms with van der Waals surface area (Å²) in [5, 5.41) is 3.87. The summed E-state index contributed by atoms with van der Waals surface area (Å²) >= 11 is 1.42. The van der Waals surface area contributed by atoms with Crippen LogP contribution in [0, 0.1) is 6.92 Å². The zero-order valence-electron chi connectivity index (χ0n) is 21.1. The Bertz CT molecular complexity index is 1220. The minimum absolute atomic E-state index is 0.189. The number of aryl methyl sites for hydroxylation is 2. The zero-order chi connectivity index (χ0) is 26.2. The van der Waals surface area contributed by atoms with Crippen LogP contribution in [0.3, 0.4) is 0 Å². The Labute approximate surface area is 220 Å². The number of ether oxygens (including phenoxy) is 2. The second kappa shape index (κ2) is 12.5. The number of piperidine rings is 1. The quantitative estimate of drug-likeness (QED) is 0.403. The van der Waals surface area contributed by atoms with E-state index in [2.05, 4.69) is 15.0 Å². The molecule has 1 aromatic heterocycles. The fourth-order valence-corrected chi connectivity index (χ4v) is 5.34. The summed E-state index contributed by atoms with van der Waals surface area (Å²) in [5.41, 5.74) is 3.35. The van der Waals surface area contributed by atoms with Crippen molar-refractivity contribution in [1.82, 2.24) is 9.88 Å². The van der Waals surface area contributed by atoms with Crippen LogP contribution in [0.25, 0.3) is 0 Å². The minimum Gasteiger partial charge on any atom is -0.469 e. The van der Waals surface area contributed by atoms with Crippen molar-refractivity contribution in [3.05, 3.63) is 81.3 Å². The standard InChI is InChI=1S/C28H31N3O5S/c1-19-25(26(33)30-23-11-8-20(9-12-23)10-13-24(32)35-2)37-27(29-19)22-14-16-31(17-15-22)28(34)36-18-21-6-4-3-5-7-21/h3-9,11-12,22H,10,13-18H2,1-2H3,(H,30,33). The molecule has 1 N–H and O–H groups in total. The third-order valence-electron chi connectivity index (χ3n) is 6.38. The van der Waals surface area contributed by atoms with Gasteiger partial charge in [-0.25, -0.2) is 9.78 Å². The number of likely N-dealkylation sites (tertiary alicyclic amines) is 1. The van der Waals surface area contributed by atoms with Crippen molar-refractivity contribution in [2.24, 2.45) is 0 Å². The van der Waals surface area contributed by atoms with Crippen LogP contribution in [0.4, 0.5) is 10.5 Å². The van der Waals surface area contributed by atoms with Crippen molar-refractivity contribution in [2.75, 3.05) is 25.5 Å². The number of hydrogen-bond acceptors (Lipinski definition) is 7. The number of esters is 1. The highest BCUT2D eigenvalue weighted by Crippen LogP contribution is 2.33. The molecule has 1 aliphatic rings. The van der Waals surface area contributed by atoms with E-state index in [0.717, 1.165) is 29.0 Å². The number of aromatic nitrogens is 1. The first-order chi connectivity index (χ1) is 17.9. The van der Waals surface area contributed by atoms with Crippen LogP contribution >= 0.6 is 11.3 Å². The van der Waals surface area contributed by atoms with Gasteiger partial charge in [0.2, 0.25) is 0 Å². The van der Waals surface area contributed by atoms with E-state index in [1.165, 1.54) is 18.4 Å². The topological polar surface area (TPSA) is 97.8 Å². The van der Waals surface area contributed by atoms with Gasteiger partial charge in [0.05, 0.1) is 17.8 Å². The summed E-state index contributed by atoms with van der Waals surface area (Å²) in [7, 11) is 1.38. The fourth-order valence-electron chi connectivity index (χ4n) is 4.21. The van der Waals surface area contributed by atoms with E-state index in [1.807, 2.05) is 61.5 Å². The molecule has 2 amide bonds. The molecule has 8 nitrogen and oxygen atoms in total. The van der Waals surface area contributed by atoms with Crippen LogP contribution in [0.2, 0.25) is 0 Å². The number of thiazole rings is 1. The summed E-state index contributed by atoms with van der Waals surface area (Å²) in [6.07, 6.45) is 2.16. The number of carbonyl (C=O) groups excluding carboxylic acids is 3. The number of rotatable bonds is 8. The maximum Gasteiger partial charge on any atom is 0.410 e. The Morgan fingerprint density at radius 3 is 2.41 bits per heavy atom. The Morgan fingerprint density at radius 2 is 1.73 bits per heavy atom. The molecule has 0 atom stereocenters. The first kappa shape index (κ1) is 26.3. The van der Waals surface area contributed by atoms with Gasteiger partial charge in [0.25, 0.3) is 5.91 Å². The highest BCUT2D eigenvalue weighted by Gasteiger charge is 2.28. The molecule has 0 radical (unpaired) electrons. The molecule has 0 spiro atoms. The van der Waals surface area contributed by atoms with E-state index < -0.39 is 0 Å². The third-order valence-corrected chi connectivity index (χ3v) is 7.70. The number of methoxy groups -OCH3 is 1. The highest BCUT2D eigenvalue weighted by molar-refractivity contribution is 7.14. The molecule has 2 heterocycles. The molecule has 9 heteroatoms. The number of amides is 2. The predicted octanol–water partition coefficient (Wildman–Crippen LogP) is 5.33. The number of carbonyl (C=O) groups is 3. The average Bonchev–Trinajstić information content (AvgIpc) is 3.33. The van der Waals surface area contributed by atoms with Crippen LogP contribution in [0.1, 0.15) is 56.7 Å². The zero-order valence-corrected chi connectivity index (χ0v) is 21.9. The first-order valence-electron chi connectivity index (χ1n) is 12.3. The maximum absolute atomic E-state index is 12.9. The lowest BCUT2D eigenvalue weighted by molar-refractivity contribution is -0.140. The Kier molecular flexibility index (Phi) is 8.90. The number of nitrogens with one attached hydrogen (secondary N) is 1. The monoisotopic (exact) mass is 521 g/mol. The SMILES string of the molecule is COC(=O)CCc1ccc(NC(=O)c2sc(C3CCN(C(=O)OCc4ccccc4)CC3)nc2C)cc1. The molecule has 0 bridgehead atoms. The molecule has 0 unspecified atom stereocenters. The van der Waals surface area contributed by atoms with Crippen molar-refractivity contribution < 1.29 is 23.9 Å². The van der Waals surface area contributed by atoms with Crippen molar-refractivity contribution in [1.29, 1.82) is 0 Å². The third kappa shape index (κ3) is 7.16. The highest BCUT2D eigenvalue weighted by atomic mass is 32.1. The van der Waals surface area contributed by atoms with Crippen LogP contribution < -0.4 is 5.32 Å². The molecule has 1 saturated heterocycles. The first-order valence-corrected chi connectivity index (χ1v) is 13.1. The van der Waals surface area contributed by atoms with Crippen LogP contribution in [0.5, 0.6) is 0 Å².